The van der Waals surface area contributed by atoms with Crippen LogP contribution < -0.4 is 11.1 Å². The lowest BCUT2D eigenvalue weighted by Gasteiger charge is -2.22. The molecule has 0 saturated heterocycles. The molecule has 1 aromatic carbocycles. The summed E-state index contributed by atoms with van der Waals surface area (Å²) in [6.07, 6.45) is -2.03. The number of carbonyl (C=O) groups is 3. The van der Waals surface area contributed by atoms with Crippen LogP contribution in [-0.4, -0.2) is 40.1 Å². The lowest BCUT2D eigenvalue weighted by molar-refractivity contribution is -0.155. The number of hydrogen-bond acceptors (Lipinski definition) is 7. The van der Waals surface area contributed by atoms with E-state index in [4.69, 9.17) is 15.2 Å². The number of rotatable bonds is 5. The number of esters is 1. The molecule has 0 spiro atoms. The number of halogens is 1. The monoisotopic (exact) mass is 546 g/mol. The fourth-order valence-corrected chi connectivity index (χ4v) is 2.82. The van der Waals surface area contributed by atoms with Gasteiger partial charge in [-0.15, -0.1) is 0 Å². The Hall–Kier alpha value is -2.33. The Balaban J connectivity index is 0.00000116. The highest BCUT2D eigenvalue weighted by Gasteiger charge is 2.22. The van der Waals surface area contributed by atoms with Gasteiger partial charge in [0.2, 0.25) is 0 Å². The maximum atomic E-state index is 12.0. The molecule has 0 aliphatic rings. The first kappa shape index (κ1) is 31.7. The highest BCUT2D eigenvalue weighted by atomic mass is 79.9. The maximum absolute atomic E-state index is 12.0. The average Bonchev–Trinajstić information content (AvgIpc) is 2.56. The molecule has 1 aromatic rings. The summed E-state index contributed by atoms with van der Waals surface area (Å²) in [5.74, 6) is -0.381. The molecule has 0 saturated carbocycles. The molecule has 194 valence electrons. The molecular formula is C24H39BrN2O7. The van der Waals surface area contributed by atoms with Crippen molar-refractivity contribution in [3.63, 3.8) is 0 Å². The summed E-state index contributed by atoms with van der Waals surface area (Å²) in [7, 11) is 0. The van der Waals surface area contributed by atoms with Crippen LogP contribution in [0.15, 0.2) is 22.7 Å². The highest BCUT2D eigenvalue weighted by Crippen LogP contribution is 2.30. The van der Waals surface area contributed by atoms with Gasteiger partial charge in [-0.25, -0.2) is 9.59 Å². The smallest absolute Gasteiger partial charge is 0.412 e. The largest absolute Gasteiger partial charge is 0.460 e. The fourth-order valence-electron chi connectivity index (χ4n) is 2.44. The van der Waals surface area contributed by atoms with E-state index in [-0.39, 0.29) is 18.8 Å². The van der Waals surface area contributed by atoms with Gasteiger partial charge in [-0.2, -0.15) is 0 Å². The molecule has 0 fully saturated rings. The van der Waals surface area contributed by atoms with Crippen molar-refractivity contribution in [3.8, 4) is 0 Å². The lowest BCUT2D eigenvalue weighted by Crippen LogP contribution is -2.27. The van der Waals surface area contributed by atoms with E-state index >= 15 is 0 Å². The Kier molecular flexibility index (Phi) is 12.1. The maximum Gasteiger partial charge on any atom is 0.412 e. The Morgan fingerprint density at radius 1 is 0.941 bits per heavy atom. The molecule has 10 heteroatoms. The van der Waals surface area contributed by atoms with Crippen molar-refractivity contribution >= 4 is 39.8 Å². The summed E-state index contributed by atoms with van der Waals surface area (Å²) in [6.45, 7) is 16.0. The number of aliphatic hydroxyl groups excluding tert-OH is 1. The molecule has 9 nitrogen and oxygen atoms in total. The van der Waals surface area contributed by atoms with E-state index in [1.807, 2.05) is 0 Å². The number of aliphatic hydroxyl groups is 1. The number of benzene rings is 1. The van der Waals surface area contributed by atoms with Crippen molar-refractivity contribution < 1.29 is 33.7 Å². The average molecular weight is 547 g/mol. The van der Waals surface area contributed by atoms with Crippen LogP contribution in [0.25, 0.3) is 0 Å². The summed E-state index contributed by atoms with van der Waals surface area (Å²) in [4.78, 5) is 33.9. The molecule has 0 radical (unpaired) electrons. The quantitative estimate of drug-likeness (QED) is 0.311. The van der Waals surface area contributed by atoms with Crippen LogP contribution in [-0.2, 0) is 19.0 Å². The van der Waals surface area contributed by atoms with Gasteiger partial charge in [0, 0.05) is 22.1 Å². The molecule has 0 aromatic heterocycles. The van der Waals surface area contributed by atoms with Crippen molar-refractivity contribution in [2.75, 3.05) is 5.32 Å². The van der Waals surface area contributed by atoms with Gasteiger partial charge in [-0.05, 0) is 86.9 Å². The third-order valence-electron chi connectivity index (χ3n) is 3.46. The molecule has 0 aliphatic carbocycles. The van der Waals surface area contributed by atoms with Crippen molar-refractivity contribution in [1.82, 2.24) is 0 Å². The Bertz CT molecular complexity index is 837. The zero-order valence-electron chi connectivity index (χ0n) is 21.6. The minimum absolute atomic E-state index is 0.0663. The summed E-state index contributed by atoms with van der Waals surface area (Å²) in [5, 5.41) is 13.1. The SMILES string of the molecule is CC(C)(C)OC(=O)CCC(O)c1cc(Br)ccc1NC(=O)OC(C)(C)C.CC(C)(C)OC(N)=O. The molecule has 1 rings (SSSR count). The van der Waals surface area contributed by atoms with Gasteiger partial charge in [0.05, 0.1) is 6.10 Å². The normalized spacial score (nSPS) is 12.6. The van der Waals surface area contributed by atoms with Crippen LogP contribution in [0, 0.1) is 0 Å². The van der Waals surface area contributed by atoms with Gasteiger partial charge in [0.25, 0.3) is 0 Å². The predicted octanol–water partition coefficient (Wildman–Crippen LogP) is 5.83. The van der Waals surface area contributed by atoms with Gasteiger partial charge in [-0.3, -0.25) is 10.1 Å². The third-order valence-corrected chi connectivity index (χ3v) is 3.95. The van der Waals surface area contributed by atoms with E-state index in [2.05, 4.69) is 26.0 Å². The second kappa shape index (κ2) is 12.9. The number of ether oxygens (including phenoxy) is 3. The Morgan fingerprint density at radius 2 is 1.44 bits per heavy atom. The van der Waals surface area contributed by atoms with Gasteiger partial charge >= 0.3 is 18.2 Å². The number of amides is 2. The Labute approximate surface area is 210 Å². The first-order chi connectivity index (χ1) is 15.2. The summed E-state index contributed by atoms with van der Waals surface area (Å²) in [6, 6.07) is 5.11. The first-order valence-corrected chi connectivity index (χ1v) is 11.7. The summed E-state index contributed by atoms with van der Waals surface area (Å²) < 4.78 is 15.8. The van der Waals surface area contributed by atoms with Crippen molar-refractivity contribution in [2.24, 2.45) is 5.73 Å². The summed E-state index contributed by atoms with van der Waals surface area (Å²) >= 11 is 3.35. The van der Waals surface area contributed by atoms with E-state index in [1.165, 1.54) is 0 Å². The van der Waals surface area contributed by atoms with Crippen LogP contribution in [0.3, 0.4) is 0 Å². The number of carbonyl (C=O) groups excluding carboxylic acids is 3. The molecule has 0 heterocycles. The van der Waals surface area contributed by atoms with Gasteiger partial charge < -0.3 is 25.1 Å². The van der Waals surface area contributed by atoms with E-state index < -0.39 is 35.1 Å². The number of nitrogens with one attached hydrogen (secondary N) is 1. The lowest BCUT2D eigenvalue weighted by atomic mass is 10.0. The first-order valence-electron chi connectivity index (χ1n) is 10.9. The van der Waals surface area contributed by atoms with Crippen LogP contribution in [0.1, 0.15) is 86.8 Å². The van der Waals surface area contributed by atoms with Crippen molar-refractivity contribution in [1.29, 1.82) is 0 Å². The zero-order valence-corrected chi connectivity index (χ0v) is 23.2. The molecule has 4 N–H and O–H groups in total. The highest BCUT2D eigenvalue weighted by molar-refractivity contribution is 9.10. The molecule has 1 atom stereocenters. The standard InChI is InChI=1S/C19H28BrNO5.C5H11NO2/c1-18(2,3)25-16(23)10-9-15(22)13-11-12(20)7-8-14(13)21-17(24)26-19(4,5)6;1-5(2,3)8-4(6)7/h7-8,11,15,22H,9-10H2,1-6H3,(H,21,24);1-3H3,(H2,6,7). The van der Waals surface area contributed by atoms with Crippen LogP contribution in [0.5, 0.6) is 0 Å². The number of nitrogens with two attached hydrogens (primary N) is 1. The number of anilines is 1. The van der Waals surface area contributed by atoms with Crippen LogP contribution in [0.2, 0.25) is 0 Å². The molecule has 2 amide bonds. The molecule has 34 heavy (non-hydrogen) atoms. The topological polar surface area (TPSA) is 137 Å². The van der Waals surface area contributed by atoms with Gasteiger partial charge in [0.1, 0.15) is 16.8 Å². The van der Waals surface area contributed by atoms with E-state index in [1.54, 1.807) is 80.5 Å². The minimum Gasteiger partial charge on any atom is -0.460 e. The number of primary amides is 1. The van der Waals surface area contributed by atoms with E-state index in [0.29, 0.717) is 11.3 Å². The summed E-state index contributed by atoms with van der Waals surface area (Å²) in [5.41, 5.74) is 3.99. The molecule has 0 bridgehead atoms. The fraction of sp³-hybridized carbons (Fsp3) is 0.625. The minimum atomic E-state index is -0.940. The Morgan fingerprint density at radius 3 is 1.85 bits per heavy atom. The van der Waals surface area contributed by atoms with Gasteiger partial charge in [-0.1, -0.05) is 15.9 Å². The second-order valence-corrected chi connectivity index (χ2v) is 11.4. The number of hydrogen-bond donors (Lipinski definition) is 3. The molecule has 1 unspecified atom stereocenters. The van der Waals surface area contributed by atoms with Crippen LogP contribution >= 0.6 is 15.9 Å². The second-order valence-electron chi connectivity index (χ2n) is 10.5. The van der Waals surface area contributed by atoms with Crippen LogP contribution in [0.4, 0.5) is 15.3 Å². The third kappa shape index (κ3) is 16.3. The van der Waals surface area contributed by atoms with E-state index in [0.717, 1.165) is 4.47 Å². The van der Waals surface area contributed by atoms with Crippen molar-refractivity contribution in [2.45, 2.75) is 98.1 Å². The molecular weight excluding hydrogens is 508 g/mol. The van der Waals surface area contributed by atoms with Crippen molar-refractivity contribution in [3.05, 3.63) is 28.2 Å². The molecule has 0 aliphatic heterocycles. The predicted molar refractivity (Wildman–Crippen MR) is 134 cm³/mol. The zero-order chi connectivity index (χ0) is 26.9. The van der Waals surface area contributed by atoms with E-state index in [9.17, 15) is 19.5 Å². The van der Waals surface area contributed by atoms with Gasteiger partial charge in [0.15, 0.2) is 0 Å².